The van der Waals surface area contributed by atoms with Crippen molar-refractivity contribution in [2.45, 2.75) is 6.92 Å². The molecule has 0 fully saturated rings. The van der Waals surface area contributed by atoms with Crippen LogP contribution in [0.3, 0.4) is 0 Å². The van der Waals surface area contributed by atoms with E-state index in [1.807, 2.05) is 18.2 Å². The zero-order valence-electron chi connectivity index (χ0n) is 8.84. The number of fused-ring (bicyclic) bond motifs is 1. The molecule has 2 aromatic carbocycles. The van der Waals surface area contributed by atoms with E-state index in [2.05, 4.69) is 35.3 Å². The summed E-state index contributed by atoms with van der Waals surface area (Å²) >= 11 is 0. The summed E-state index contributed by atoms with van der Waals surface area (Å²) in [5.41, 5.74) is 2.23. The second-order valence-corrected chi connectivity index (χ2v) is 3.72. The number of aryl methyl sites for hydroxylation is 1. The highest BCUT2D eigenvalue weighted by atomic mass is 16.4. The van der Waals surface area contributed by atoms with Gasteiger partial charge in [-0.3, -0.25) is 0 Å². The van der Waals surface area contributed by atoms with E-state index in [4.69, 9.17) is 4.42 Å². The van der Waals surface area contributed by atoms with E-state index in [1.165, 1.54) is 17.3 Å². The van der Waals surface area contributed by atoms with Crippen LogP contribution in [0, 0.1) is 6.92 Å². The normalized spacial score (nSPS) is 10.8. The molecule has 16 heavy (non-hydrogen) atoms. The Balaban J connectivity index is 2.39. The summed E-state index contributed by atoms with van der Waals surface area (Å²) in [5.74, 6) is 0.566. The summed E-state index contributed by atoms with van der Waals surface area (Å²) in [6.45, 7) is 2.10. The number of benzene rings is 2. The minimum atomic E-state index is 0.566. The molecule has 0 aliphatic heterocycles. The molecule has 0 bridgehead atoms. The molecule has 3 rings (SSSR count). The average Bonchev–Trinajstić information content (AvgIpc) is 2.83. The van der Waals surface area contributed by atoms with Gasteiger partial charge in [0, 0.05) is 5.56 Å². The summed E-state index contributed by atoms with van der Waals surface area (Å²) in [6, 6.07) is 12.3. The van der Waals surface area contributed by atoms with E-state index in [9.17, 15) is 0 Å². The highest BCUT2D eigenvalue weighted by Gasteiger charge is 2.08. The molecular formula is C13H10N2O. The van der Waals surface area contributed by atoms with Crippen molar-refractivity contribution < 1.29 is 4.42 Å². The van der Waals surface area contributed by atoms with E-state index in [0.717, 1.165) is 10.9 Å². The van der Waals surface area contributed by atoms with Gasteiger partial charge in [0.25, 0.3) is 0 Å². The van der Waals surface area contributed by atoms with Crippen molar-refractivity contribution in [2.75, 3.05) is 0 Å². The van der Waals surface area contributed by atoms with Gasteiger partial charge >= 0.3 is 0 Å². The molecule has 0 N–H and O–H groups in total. The lowest BCUT2D eigenvalue weighted by Gasteiger charge is -2.05. The van der Waals surface area contributed by atoms with Crippen LogP contribution in [0.1, 0.15) is 5.56 Å². The first-order valence-corrected chi connectivity index (χ1v) is 5.11. The number of rotatable bonds is 1. The topological polar surface area (TPSA) is 38.9 Å². The standard InChI is InChI=1S/C13H10N2O/c1-9-6-7-12(13-15-14-8-16-13)11-5-3-2-4-10(9)11/h2-8H,1H3. The zero-order valence-corrected chi connectivity index (χ0v) is 8.84. The molecule has 0 saturated carbocycles. The molecule has 78 valence electrons. The van der Waals surface area contributed by atoms with Crippen LogP contribution >= 0.6 is 0 Å². The summed E-state index contributed by atoms with van der Waals surface area (Å²) in [6.07, 6.45) is 1.35. The highest BCUT2D eigenvalue weighted by molar-refractivity contribution is 5.96. The fourth-order valence-corrected chi connectivity index (χ4v) is 1.93. The maximum atomic E-state index is 5.25. The quantitative estimate of drug-likeness (QED) is 0.619. The SMILES string of the molecule is Cc1ccc(-c2nnco2)c2ccccc12. The van der Waals surface area contributed by atoms with Gasteiger partial charge in [-0.25, -0.2) is 0 Å². The number of hydrogen-bond donors (Lipinski definition) is 0. The summed E-state index contributed by atoms with van der Waals surface area (Å²) in [5, 5.41) is 10.0. The lowest BCUT2D eigenvalue weighted by molar-refractivity contribution is 0.569. The molecule has 0 radical (unpaired) electrons. The number of nitrogens with zero attached hydrogens (tertiary/aromatic N) is 2. The predicted molar refractivity (Wildman–Crippen MR) is 62.0 cm³/mol. The summed E-state index contributed by atoms with van der Waals surface area (Å²) in [4.78, 5) is 0. The van der Waals surface area contributed by atoms with Crippen molar-refractivity contribution in [1.82, 2.24) is 10.2 Å². The van der Waals surface area contributed by atoms with Gasteiger partial charge in [0.2, 0.25) is 12.3 Å². The molecule has 0 saturated heterocycles. The Bertz CT molecular complexity index is 629. The minimum Gasteiger partial charge on any atom is -0.423 e. The van der Waals surface area contributed by atoms with Crippen LogP contribution in [-0.2, 0) is 0 Å². The number of hydrogen-bond acceptors (Lipinski definition) is 3. The maximum absolute atomic E-state index is 5.25. The molecule has 0 aliphatic rings. The molecule has 0 spiro atoms. The second kappa shape index (κ2) is 3.45. The largest absolute Gasteiger partial charge is 0.423 e. The zero-order chi connectivity index (χ0) is 11.0. The van der Waals surface area contributed by atoms with Crippen LogP contribution in [0.4, 0.5) is 0 Å². The van der Waals surface area contributed by atoms with E-state index in [0.29, 0.717) is 5.89 Å². The van der Waals surface area contributed by atoms with Crippen LogP contribution in [0.25, 0.3) is 22.2 Å². The van der Waals surface area contributed by atoms with Gasteiger partial charge in [-0.2, -0.15) is 0 Å². The van der Waals surface area contributed by atoms with E-state index >= 15 is 0 Å². The van der Waals surface area contributed by atoms with Crippen molar-refractivity contribution in [3.63, 3.8) is 0 Å². The number of aromatic nitrogens is 2. The molecule has 1 heterocycles. The van der Waals surface area contributed by atoms with Crippen LogP contribution in [0.5, 0.6) is 0 Å². The van der Waals surface area contributed by atoms with Gasteiger partial charge in [0.1, 0.15) is 0 Å². The average molecular weight is 210 g/mol. The fraction of sp³-hybridized carbons (Fsp3) is 0.0769. The van der Waals surface area contributed by atoms with Crippen LogP contribution < -0.4 is 0 Å². The summed E-state index contributed by atoms with van der Waals surface area (Å²) < 4.78 is 5.25. The molecule has 0 atom stereocenters. The third-order valence-corrected chi connectivity index (χ3v) is 2.73. The monoisotopic (exact) mass is 210 g/mol. The predicted octanol–water partition coefficient (Wildman–Crippen LogP) is 3.20. The first kappa shape index (κ1) is 9.09. The second-order valence-electron chi connectivity index (χ2n) is 3.72. The van der Waals surface area contributed by atoms with E-state index < -0.39 is 0 Å². The first-order chi connectivity index (χ1) is 7.86. The van der Waals surface area contributed by atoms with Gasteiger partial charge in [-0.05, 0) is 29.3 Å². The smallest absolute Gasteiger partial charge is 0.248 e. The molecule has 3 nitrogen and oxygen atoms in total. The highest BCUT2D eigenvalue weighted by Crippen LogP contribution is 2.28. The van der Waals surface area contributed by atoms with Gasteiger partial charge in [-0.1, -0.05) is 30.3 Å². The molecule has 0 unspecified atom stereocenters. The van der Waals surface area contributed by atoms with Crippen molar-refractivity contribution >= 4 is 10.8 Å². The van der Waals surface area contributed by atoms with Crippen molar-refractivity contribution in [2.24, 2.45) is 0 Å². The molecule has 3 aromatic rings. The van der Waals surface area contributed by atoms with Gasteiger partial charge in [0.15, 0.2) is 0 Å². The van der Waals surface area contributed by atoms with Gasteiger partial charge in [0.05, 0.1) is 0 Å². The lowest BCUT2D eigenvalue weighted by Crippen LogP contribution is -1.84. The molecular weight excluding hydrogens is 200 g/mol. The Morgan fingerprint density at radius 2 is 1.81 bits per heavy atom. The molecule has 0 aliphatic carbocycles. The van der Waals surface area contributed by atoms with Crippen LogP contribution in [0.2, 0.25) is 0 Å². The molecule has 0 amide bonds. The third kappa shape index (κ3) is 1.29. The van der Waals surface area contributed by atoms with Gasteiger partial charge < -0.3 is 4.42 Å². The first-order valence-electron chi connectivity index (χ1n) is 5.11. The Morgan fingerprint density at radius 1 is 1.00 bits per heavy atom. The summed E-state index contributed by atoms with van der Waals surface area (Å²) in [7, 11) is 0. The van der Waals surface area contributed by atoms with Crippen LogP contribution in [-0.4, -0.2) is 10.2 Å². The third-order valence-electron chi connectivity index (χ3n) is 2.73. The molecule has 1 aromatic heterocycles. The van der Waals surface area contributed by atoms with Crippen molar-refractivity contribution in [1.29, 1.82) is 0 Å². The van der Waals surface area contributed by atoms with Crippen molar-refractivity contribution in [3.05, 3.63) is 48.4 Å². The Kier molecular flexibility index (Phi) is 1.96. The Morgan fingerprint density at radius 3 is 2.56 bits per heavy atom. The Hall–Kier alpha value is -2.16. The lowest BCUT2D eigenvalue weighted by atomic mass is 10.0. The van der Waals surface area contributed by atoms with E-state index in [-0.39, 0.29) is 0 Å². The van der Waals surface area contributed by atoms with Crippen LogP contribution in [0.15, 0.2) is 47.2 Å². The minimum absolute atomic E-state index is 0.566. The Labute approximate surface area is 92.7 Å². The fourth-order valence-electron chi connectivity index (χ4n) is 1.93. The van der Waals surface area contributed by atoms with E-state index in [1.54, 1.807) is 0 Å². The van der Waals surface area contributed by atoms with Gasteiger partial charge in [-0.15, -0.1) is 10.2 Å². The van der Waals surface area contributed by atoms with Crippen molar-refractivity contribution in [3.8, 4) is 11.5 Å². The molecule has 3 heteroatoms. The maximum Gasteiger partial charge on any atom is 0.248 e.